The maximum atomic E-state index is 11.1. The molecule has 0 radical (unpaired) electrons. The van der Waals surface area contributed by atoms with Gasteiger partial charge in [-0.2, -0.15) is 0 Å². The van der Waals surface area contributed by atoms with E-state index in [2.05, 4.69) is 10.6 Å². The van der Waals surface area contributed by atoms with Crippen molar-refractivity contribution in [3.05, 3.63) is 11.6 Å². The van der Waals surface area contributed by atoms with Gasteiger partial charge in [-0.25, -0.2) is 0 Å². The monoisotopic (exact) mass is 202 g/mol. The van der Waals surface area contributed by atoms with E-state index in [4.69, 9.17) is 11.6 Å². The average molecular weight is 203 g/mol. The molecule has 1 unspecified atom stereocenters. The second kappa shape index (κ2) is 4.99. The van der Waals surface area contributed by atoms with E-state index in [1.807, 2.05) is 0 Å². The normalized spacial score (nSPS) is 23.6. The molecule has 0 aliphatic carbocycles. The summed E-state index contributed by atoms with van der Waals surface area (Å²) < 4.78 is 0. The van der Waals surface area contributed by atoms with Crippen molar-refractivity contribution >= 4 is 23.4 Å². The molecule has 4 nitrogen and oxygen atoms in total. The van der Waals surface area contributed by atoms with E-state index >= 15 is 0 Å². The summed E-state index contributed by atoms with van der Waals surface area (Å²) in [6, 6.07) is -0.273. The van der Waals surface area contributed by atoms with Gasteiger partial charge in [0.05, 0.1) is 6.04 Å². The van der Waals surface area contributed by atoms with Crippen molar-refractivity contribution in [3.8, 4) is 0 Å². The summed E-state index contributed by atoms with van der Waals surface area (Å²) in [4.78, 5) is 21.9. The summed E-state index contributed by atoms with van der Waals surface area (Å²) in [6.45, 7) is 0.537. The van der Waals surface area contributed by atoms with Gasteiger partial charge < -0.3 is 5.32 Å². The van der Waals surface area contributed by atoms with Crippen molar-refractivity contribution in [2.24, 2.45) is 0 Å². The number of amides is 2. The Bertz CT molecular complexity index is 240. The van der Waals surface area contributed by atoms with Crippen molar-refractivity contribution in [2.75, 3.05) is 6.54 Å². The molecule has 1 heterocycles. The quantitative estimate of drug-likeness (QED) is 0.640. The van der Waals surface area contributed by atoms with Crippen LogP contribution in [0, 0.1) is 0 Å². The Kier molecular flexibility index (Phi) is 3.92. The number of carbonyl (C=O) groups is 2. The number of halogens is 1. The third-order valence-corrected chi connectivity index (χ3v) is 1.99. The molecule has 2 N–H and O–H groups in total. The van der Waals surface area contributed by atoms with Crippen molar-refractivity contribution in [1.29, 1.82) is 0 Å². The Balaban J connectivity index is 2.34. The highest BCUT2D eigenvalue weighted by Crippen LogP contribution is 2.03. The van der Waals surface area contributed by atoms with E-state index in [0.29, 0.717) is 19.4 Å². The first-order valence-corrected chi connectivity index (χ1v) is 4.50. The molecule has 1 saturated heterocycles. The number of hydrogen-bond acceptors (Lipinski definition) is 3. The van der Waals surface area contributed by atoms with Crippen LogP contribution >= 0.6 is 11.6 Å². The molecule has 13 heavy (non-hydrogen) atoms. The Morgan fingerprint density at radius 3 is 3.00 bits per heavy atom. The fraction of sp³-hybridized carbons (Fsp3) is 0.500. The van der Waals surface area contributed by atoms with Gasteiger partial charge in [0.2, 0.25) is 11.8 Å². The number of imide groups is 1. The van der Waals surface area contributed by atoms with Crippen molar-refractivity contribution in [2.45, 2.75) is 18.9 Å². The molecule has 0 spiro atoms. The zero-order valence-electron chi connectivity index (χ0n) is 7.05. The van der Waals surface area contributed by atoms with Crippen LogP contribution in [0.15, 0.2) is 11.6 Å². The molecule has 0 aromatic carbocycles. The summed E-state index contributed by atoms with van der Waals surface area (Å²) in [5, 5.41) is 5.22. The fourth-order valence-corrected chi connectivity index (χ4v) is 1.23. The zero-order valence-corrected chi connectivity index (χ0v) is 7.80. The minimum Gasteiger partial charge on any atom is -0.302 e. The molecule has 5 heteroatoms. The minimum absolute atomic E-state index is 0.198. The van der Waals surface area contributed by atoms with Crippen LogP contribution in [0.3, 0.4) is 0 Å². The van der Waals surface area contributed by atoms with Gasteiger partial charge in [-0.05, 0) is 6.42 Å². The van der Waals surface area contributed by atoms with E-state index in [1.54, 1.807) is 6.08 Å². The van der Waals surface area contributed by atoms with E-state index < -0.39 is 0 Å². The molecule has 1 aliphatic rings. The second-order valence-electron chi connectivity index (χ2n) is 2.77. The Hall–Kier alpha value is -0.870. The van der Waals surface area contributed by atoms with Crippen molar-refractivity contribution < 1.29 is 9.59 Å². The standard InChI is InChI=1S/C8H11ClN2O2/c9-4-1-5-10-6-2-3-7(12)11-8(6)13/h1,4,6,10H,2-3,5H2,(H,11,12,13)/b4-1+. The number of nitrogens with one attached hydrogen (secondary N) is 2. The van der Waals surface area contributed by atoms with Gasteiger partial charge in [0.15, 0.2) is 0 Å². The summed E-state index contributed by atoms with van der Waals surface area (Å²) in [5.41, 5.74) is 1.39. The predicted molar refractivity (Wildman–Crippen MR) is 49.2 cm³/mol. The van der Waals surface area contributed by atoms with Gasteiger partial charge in [-0.15, -0.1) is 0 Å². The molecule has 0 aromatic heterocycles. The highest BCUT2D eigenvalue weighted by Gasteiger charge is 2.25. The maximum absolute atomic E-state index is 11.1. The van der Waals surface area contributed by atoms with Crippen LogP contribution in [-0.2, 0) is 9.59 Å². The van der Waals surface area contributed by atoms with Gasteiger partial charge in [-0.3, -0.25) is 14.9 Å². The molecule has 1 atom stereocenters. The summed E-state index contributed by atoms with van der Waals surface area (Å²) in [6.07, 6.45) is 2.65. The van der Waals surface area contributed by atoms with Crippen LogP contribution in [0.1, 0.15) is 12.8 Å². The minimum atomic E-state index is -0.273. The number of piperidine rings is 1. The van der Waals surface area contributed by atoms with Crippen LogP contribution < -0.4 is 10.6 Å². The molecular weight excluding hydrogens is 192 g/mol. The van der Waals surface area contributed by atoms with E-state index in [1.165, 1.54) is 5.54 Å². The predicted octanol–water partition coefficient (Wildman–Crippen LogP) is 0.134. The Labute approximate surface area is 81.3 Å². The largest absolute Gasteiger partial charge is 0.302 e. The molecule has 0 bridgehead atoms. The van der Waals surface area contributed by atoms with Crippen LogP contribution in [0.25, 0.3) is 0 Å². The molecule has 1 rings (SSSR count). The molecule has 0 saturated carbocycles. The van der Waals surface area contributed by atoms with Crippen LogP contribution in [0.4, 0.5) is 0 Å². The van der Waals surface area contributed by atoms with Gasteiger partial charge in [0, 0.05) is 18.5 Å². The Morgan fingerprint density at radius 2 is 2.38 bits per heavy atom. The first-order valence-electron chi connectivity index (χ1n) is 4.06. The number of hydrogen-bond donors (Lipinski definition) is 2. The van der Waals surface area contributed by atoms with Crippen molar-refractivity contribution in [1.82, 2.24) is 10.6 Å². The van der Waals surface area contributed by atoms with Crippen molar-refractivity contribution in [3.63, 3.8) is 0 Å². The van der Waals surface area contributed by atoms with Gasteiger partial charge in [-0.1, -0.05) is 17.7 Å². The highest BCUT2D eigenvalue weighted by atomic mass is 35.5. The third kappa shape index (κ3) is 3.16. The molecular formula is C8H11ClN2O2. The number of carbonyl (C=O) groups excluding carboxylic acids is 2. The first-order chi connectivity index (χ1) is 6.24. The molecule has 2 amide bonds. The van der Waals surface area contributed by atoms with Gasteiger partial charge in [0.1, 0.15) is 0 Å². The average Bonchev–Trinajstić information content (AvgIpc) is 2.09. The molecule has 1 fully saturated rings. The molecule has 1 aliphatic heterocycles. The molecule has 0 aromatic rings. The summed E-state index contributed by atoms with van der Waals surface area (Å²) in [5.74, 6) is -0.449. The smallest absolute Gasteiger partial charge is 0.243 e. The topological polar surface area (TPSA) is 58.2 Å². The lowest BCUT2D eigenvalue weighted by molar-refractivity contribution is -0.134. The van der Waals surface area contributed by atoms with Gasteiger partial charge in [0.25, 0.3) is 0 Å². The highest BCUT2D eigenvalue weighted by molar-refractivity contribution is 6.25. The maximum Gasteiger partial charge on any atom is 0.243 e. The van der Waals surface area contributed by atoms with Crippen LogP contribution in [0.2, 0.25) is 0 Å². The zero-order chi connectivity index (χ0) is 9.68. The van der Waals surface area contributed by atoms with Gasteiger partial charge >= 0.3 is 0 Å². The third-order valence-electron chi connectivity index (χ3n) is 1.81. The second-order valence-corrected chi connectivity index (χ2v) is 3.03. The van der Waals surface area contributed by atoms with E-state index in [0.717, 1.165) is 0 Å². The SMILES string of the molecule is O=C1CCC(NC/C=C/Cl)C(=O)N1. The lowest BCUT2D eigenvalue weighted by Crippen LogP contribution is -2.50. The Morgan fingerprint density at radius 1 is 1.62 bits per heavy atom. The summed E-state index contributed by atoms with van der Waals surface area (Å²) in [7, 11) is 0. The van der Waals surface area contributed by atoms with Crippen LogP contribution in [-0.4, -0.2) is 24.4 Å². The molecule has 72 valence electrons. The van der Waals surface area contributed by atoms with E-state index in [9.17, 15) is 9.59 Å². The number of rotatable bonds is 3. The lowest BCUT2D eigenvalue weighted by Gasteiger charge is -2.20. The fourth-order valence-electron chi connectivity index (χ4n) is 1.14. The lowest BCUT2D eigenvalue weighted by atomic mass is 10.1. The van der Waals surface area contributed by atoms with E-state index in [-0.39, 0.29) is 17.9 Å². The first kappa shape index (κ1) is 10.2. The summed E-state index contributed by atoms with van der Waals surface area (Å²) >= 11 is 5.30. The van der Waals surface area contributed by atoms with Crippen LogP contribution in [0.5, 0.6) is 0 Å².